The van der Waals surface area contributed by atoms with Crippen LogP contribution < -0.4 is 27.0 Å². The maximum atomic E-state index is 12.1. The third-order valence-corrected chi connectivity index (χ3v) is 5.80. The molecule has 0 aromatic carbocycles. The molecule has 12 heteroatoms. The van der Waals surface area contributed by atoms with Crippen molar-refractivity contribution in [3.05, 3.63) is 16.3 Å². The van der Waals surface area contributed by atoms with Crippen LogP contribution in [0.15, 0.2) is 6.20 Å². The summed E-state index contributed by atoms with van der Waals surface area (Å²) in [5, 5.41) is 22.6. The molecule has 31 heavy (non-hydrogen) atoms. The highest BCUT2D eigenvalue weighted by atomic mass is 16.6. The van der Waals surface area contributed by atoms with Gasteiger partial charge < -0.3 is 21.7 Å². The molecule has 0 spiro atoms. The van der Waals surface area contributed by atoms with Crippen molar-refractivity contribution in [3.8, 4) is 0 Å². The molecule has 1 saturated heterocycles. The Morgan fingerprint density at radius 3 is 2.55 bits per heavy atom. The van der Waals surface area contributed by atoms with Gasteiger partial charge in [0.1, 0.15) is 6.20 Å². The molecule has 2 amide bonds. The van der Waals surface area contributed by atoms with Gasteiger partial charge in [-0.05, 0) is 57.5 Å². The number of nitrogens with zero attached hydrogens (tertiary/aromatic N) is 3. The number of rotatable bonds is 8. The minimum absolute atomic E-state index is 0.0724. The van der Waals surface area contributed by atoms with Crippen LogP contribution in [-0.4, -0.2) is 58.9 Å². The molecule has 1 aliphatic heterocycles. The van der Waals surface area contributed by atoms with E-state index in [1.165, 1.54) is 0 Å². The van der Waals surface area contributed by atoms with E-state index >= 15 is 0 Å². The summed E-state index contributed by atoms with van der Waals surface area (Å²) in [5.74, 6) is -0.415. The van der Waals surface area contributed by atoms with Gasteiger partial charge in [-0.25, -0.2) is 4.98 Å². The van der Waals surface area contributed by atoms with E-state index in [9.17, 15) is 19.7 Å². The Hall–Kier alpha value is -2.86. The molecule has 0 radical (unpaired) electrons. The smallest absolute Gasteiger partial charge is 0.329 e. The van der Waals surface area contributed by atoms with Gasteiger partial charge in [-0.1, -0.05) is 0 Å². The molecular weight excluding hydrogens is 404 g/mol. The fraction of sp³-hybridized carbons (Fsp3) is 0.684. The number of aromatic nitrogens is 2. The lowest BCUT2D eigenvalue weighted by molar-refractivity contribution is -0.384. The molecule has 6 N–H and O–H groups in total. The summed E-state index contributed by atoms with van der Waals surface area (Å²) in [7, 11) is 0. The Labute approximate surface area is 180 Å². The van der Waals surface area contributed by atoms with Gasteiger partial charge in [0.2, 0.25) is 23.6 Å². The van der Waals surface area contributed by atoms with Crippen LogP contribution in [0.5, 0.6) is 0 Å². The lowest BCUT2D eigenvalue weighted by Crippen LogP contribution is -2.42. The fourth-order valence-electron chi connectivity index (χ4n) is 3.88. The second-order valence-electron chi connectivity index (χ2n) is 8.14. The lowest BCUT2D eigenvalue weighted by atomic mass is 9.86. The van der Waals surface area contributed by atoms with E-state index in [0.29, 0.717) is 25.3 Å². The number of anilines is 2. The monoisotopic (exact) mass is 434 g/mol. The Bertz CT molecular complexity index is 791. The first-order valence-corrected chi connectivity index (χ1v) is 10.7. The van der Waals surface area contributed by atoms with Gasteiger partial charge in [0, 0.05) is 18.5 Å². The molecule has 1 aromatic rings. The van der Waals surface area contributed by atoms with E-state index in [4.69, 9.17) is 5.73 Å². The summed E-state index contributed by atoms with van der Waals surface area (Å²) in [6.45, 7) is 1.85. The molecule has 0 bridgehead atoms. The molecule has 12 nitrogen and oxygen atoms in total. The van der Waals surface area contributed by atoms with Crippen molar-refractivity contribution in [1.29, 1.82) is 0 Å². The average molecular weight is 435 g/mol. The second kappa shape index (κ2) is 11.0. The van der Waals surface area contributed by atoms with Crippen LogP contribution in [0.4, 0.5) is 17.5 Å². The van der Waals surface area contributed by atoms with Crippen molar-refractivity contribution in [2.45, 2.75) is 44.6 Å². The summed E-state index contributed by atoms with van der Waals surface area (Å²) in [5.41, 5.74) is 5.69. The molecule has 1 saturated carbocycles. The highest BCUT2D eigenvalue weighted by molar-refractivity contribution is 5.97. The Morgan fingerprint density at radius 1 is 1.16 bits per heavy atom. The molecule has 2 aliphatic rings. The minimum atomic E-state index is -0.548. The zero-order chi connectivity index (χ0) is 22.2. The van der Waals surface area contributed by atoms with Crippen molar-refractivity contribution in [1.82, 2.24) is 20.6 Å². The normalized spacial score (nSPS) is 21.8. The largest absolute Gasteiger partial charge is 0.364 e. The van der Waals surface area contributed by atoms with Gasteiger partial charge in [0.25, 0.3) is 0 Å². The van der Waals surface area contributed by atoms with Gasteiger partial charge in [-0.3, -0.25) is 25.0 Å². The number of nitrogens with one attached hydrogen (secondary N) is 4. The standard InChI is InChI=1S/C19H30N8O4/c20-14-3-1-12(2-4-14)9-22-17-15(27(30)31)10-23-19(26-17)24-11-16(28)25-18(29)13-5-7-21-8-6-13/h10,12-14,21H,1-9,11,20H2,(H,25,28,29)(H2,22,23,24,26)/t12-,14-. The first-order valence-electron chi connectivity index (χ1n) is 10.7. The zero-order valence-corrected chi connectivity index (χ0v) is 17.4. The Balaban J connectivity index is 1.53. The van der Waals surface area contributed by atoms with E-state index in [-0.39, 0.29) is 41.9 Å². The molecule has 0 atom stereocenters. The molecule has 3 rings (SSSR count). The Morgan fingerprint density at radius 2 is 1.87 bits per heavy atom. The predicted molar refractivity (Wildman–Crippen MR) is 114 cm³/mol. The van der Waals surface area contributed by atoms with Crippen molar-refractivity contribution < 1.29 is 14.5 Å². The van der Waals surface area contributed by atoms with Crippen LogP contribution in [0, 0.1) is 22.0 Å². The highest BCUT2D eigenvalue weighted by Gasteiger charge is 2.24. The SMILES string of the molecule is N[C@H]1CC[C@H](CNc2nc(NCC(=O)NC(=O)C3CCNCC3)ncc2[N+](=O)[O-])CC1. The quantitative estimate of drug-likeness (QED) is 0.283. The number of piperidine rings is 1. The Kier molecular flexibility index (Phi) is 8.06. The average Bonchev–Trinajstić information content (AvgIpc) is 2.77. The summed E-state index contributed by atoms with van der Waals surface area (Å²) in [4.78, 5) is 43.1. The zero-order valence-electron chi connectivity index (χ0n) is 17.4. The number of imide groups is 1. The van der Waals surface area contributed by atoms with Gasteiger partial charge in [0.15, 0.2) is 0 Å². The summed E-state index contributed by atoms with van der Waals surface area (Å²) in [6.07, 6.45) is 6.30. The third-order valence-electron chi connectivity index (χ3n) is 5.80. The van der Waals surface area contributed by atoms with Gasteiger partial charge in [-0.2, -0.15) is 4.98 Å². The van der Waals surface area contributed by atoms with Crippen LogP contribution in [0.1, 0.15) is 38.5 Å². The number of nitrogens with two attached hydrogens (primary N) is 1. The van der Waals surface area contributed by atoms with Gasteiger partial charge in [-0.15, -0.1) is 0 Å². The maximum Gasteiger partial charge on any atom is 0.329 e. The molecular formula is C19H30N8O4. The van der Waals surface area contributed by atoms with Gasteiger partial charge in [0.05, 0.1) is 11.5 Å². The predicted octanol–water partition coefficient (Wildman–Crippen LogP) is 0.369. The molecule has 170 valence electrons. The first-order chi connectivity index (χ1) is 14.9. The van der Waals surface area contributed by atoms with Gasteiger partial charge >= 0.3 is 5.69 Å². The summed E-state index contributed by atoms with van der Waals surface area (Å²) < 4.78 is 0. The number of hydrogen-bond donors (Lipinski definition) is 5. The highest BCUT2D eigenvalue weighted by Crippen LogP contribution is 2.26. The second-order valence-corrected chi connectivity index (χ2v) is 8.14. The van der Waals surface area contributed by atoms with E-state index in [1.807, 2.05) is 0 Å². The number of nitro groups is 1. The third kappa shape index (κ3) is 6.82. The van der Waals surface area contributed by atoms with E-state index in [1.54, 1.807) is 0 Å². The van der Waals surface area contributed by atoms with Crippen LogP contribution in [-0.2, 0) is 9.59 Å². The van der Waals surface area contributed by atoms with Crippen molar-refractivity contribution in [2.75, 3.05) is 36.8 Å². The molecule has 0 unspecified atom stereocenters. The lowest BCUT2D eigenvalue weighted by Gasteiger charge is -2.26. The molecule has 1 aromatic heterocycles. The van der Waals surface area contributed by atoms with Crippen LogP contribution in [0.3, 0.4) is 0 Å². The van der Waals surface area contributed by atoms with E-state index in [2.05, 4.69) is 31.2 Å². The summed E-state index contributed by atoms with van der Waals surface area (Å²) in [6, 6.07) is 0.230. The van der Waals surface area contributed by atoms with Crippen LogP contribution in [0.2, 0.25) is 0 Å². The fourth-order valence-corrected chi connectivity index (χ4v) is 3.88. The summed E-state index contributed by atoms with van der Waals surface area (Å²) >= 11 is 0. The van der Waals surface area contributed by atoms with E-state index < -0.39 is 10.8 Å². The van der Waals surface area contributed by atoms with Crippen LogP contribution >= 0.6 is 0 Å². The number of hydrogen-bond acceptors (Lipinski definition) is 10. The van der Waals surface area contributed by atoms with Crippen molar-refractivity contribution in [2.24, 2.45) is 17.6 Å². The first kappa shape index (κ1) is 22.8. The number of amides is 2. The number of carbonyl (C=O) groups excluding carboxylic acids is 2. The van der Waals surface area contributed by atoms with Crippen molar-refractivity contribution >= 4 is 29.3 Å². The topological polar surface area (TPSA) is 177 Å². The molecule has 2 fully saturated rings. The van der Waals surface area contributed by atoms with Crippen LogP contribution in [0.25, 0.3) is 0 Å². The maximum absolute atomic E-state index is 12.1. The molecule has 2 heterocycles. The van der Waals surface area contributed by atoms with E-state index in [0.717, 1.165) is 45.0 Å². The van der Waals surface area contributed by atoms with Crippen molar-refractivity contribution in [3.63, 3.8) is 0 Å². The minimum Gasteiger partial charge on any atom is -0.364 e. The number of carbonyl (C=O) groups is 2. The molecule has 1 aliphatic carbocycles.